The highest BCUT2D eigenvalue weighted by Gasteiger charge is 2.52. The van der Waals surface area contributed by atoms with Crippen molar-refractivity contribution in [3.05, 3.63) is 23.8 Å². The van der Waals surface area contributed by atoms with Crippen LogP contribution < -0.4 is 10.8 Å². The van der Waals surface area contributed by atoms with Gasteiger partial charge in [0.25, 0.3) is 0 Å². The third-order valence-corrected chi connectivity index (χ3v) is 4.23. The minimum atomic E-state index is -0.896. The first-order chi connectivity index (χ1) is 9.62. The monoisotopic (exact) mass is 291 g/mol. The van der Waals surface area contributed by atoms with Crippen LogP contribution in [-0.4, -0.2) is 35.9 Å². The van der Waals surface area contributed by atoms with Crippen LogP contribution in [0.4, 0.5) is 5.69 Å². The molecular weight excluding hydrogens is 269 g/mol. The van der Waals surface area contributed by atoms with Gasteiger partial charge in [0, 0.05) is 5.69 Å². The molecule has 1 aromatic carbocycles. The molecule has 1 aliphatic rings. The van der Waals surface area contributed by atoms with Crippen molar-refractivity contribution in [1.29, 1.82) is 0 Å². The summed E-state index contributed by atoms with van der Waals surface area (Å²) in [6.45, 7) is 9.90. The van der Waals surface area contributed by atoms with E-state index >= 15 is 0 Å². The lowest BCUT2D eigenvalue weighted by Gasteiger charge is -2.32. The van der Waals surface area contributed by atoms with Crippen LogP contribution in [0.15, 0.2) is 18.2 Å². The molecule has 114 valence electrons. The summed E-state index contributed by atoms with van der Waals surface area (Å²) in [4.78, 5) is 10.6. The Kier molecular flexibility index (Phi) is 4.04. The molecule has 0 aliphatic carbocycles. The molecule has 1 aromatic rings. The van der Waals surface area contributed by atoms with E-state index in [1.54, 1.807) is 0 Å². The van der Waals surface area contributed by atoms with Crippen LogP contribution in [0.3, 0.4) is 0 Å². The van der Waals surface area contributed by atoms with Crippen LogP contribution in [0.5, 0.6) is 0 Å². The van der Waals surface area contributed by atoms with E-state index < -0.39 is 24.3 Å². The van der Waals surface area contributed by atoms with Crippen LogP contribution in [0, 0.1) is 6.92 Å². The van der Waals surface area contributed by atoms with Gasteiger partial charge in [0.05, 0.1) is 11.2 Å². The first-order valence-electron chi connectivity index (χ1n) is 7.04. The van der Waals surface area contributed by atoms with Crippen molar-refractivity contribution in [3.8, 4) is 0 Å². The molecule has 1 heterocycles. The van der Waals surface area contributed by atoms with Gasteiger partial charge in [-0.15, -0.1) is 0 Å². The number of carboxylic acid groups (broad SMARTS) is 1. The second-order valence-electron chi connectivity index (χ2n) is 6.41. The van der Waals surface area contributed by atoms with Crippen molar-refractivity contribution in [2.45, 2.75) is 45.8 Å². The topological polar surface area (TPSA) is 67.8 Å². The Labute approximate surface area is 125 Å². The lowest BCUT2D eigenvalue weighted by atomic mass is 9.76. The van der Waals surface area contributed by atoms with Gasteiger partial charge in [0.1, 0.15) is 6.54 Å². The fourth-order valence-corrected chi connectivity index (χ4v) is 2.15. The van der Waals surface area contributed by atoms with E-state index in [1.165, 1.54) is 0 Å². The Bertz CT molecular complexity index is 541. The van der Waals surface area contributed by atoms with Crippen LogP contribution in [0.2, 0.25) is 0 Å². The van der Waals surface area contributed by atoms with Gasteiger partial charge >= 0.3 is 13.1 Å². The molecular formula is C15H22BNO4. The molecule has 0 aromatic heterocycles. The van der Waals surface area contributed by atoms with Crippen LogP contribution >= 0.6 is 0 Å². The van der Waals surface area contributed by atoms with Crippen molar-refractivity contribution in [2.24, 2.45) is 0 Å². The Morgan fingerprint density at radius 3 is 2.33 bits per heavy atom. The molecule has 0 radical (unpaired) electrons. The van der Waals surface area contributed by atoms with E-state index in [9.17, 15) is 4.79 Å². The van der Waals surface area contributed by atoms with Gasteiger partial charge in [-0.1, -0.05) is 11.6 Å². The SMILES string of the molecule is Cc1ccc(NCC(=O)O)cc1B1OC(C)(C)C(C)(C)O1. The van der Waals surface area contributed by atoms with Crippen molar-refractivity contribution in [1.82, 2.24) is 0 Å². The first kappa shape index (κ1) is 15.9. The average molecular weight is 291 g/mol. The zero-order chi connectivity index (χ0) is 15.8. The minimum absolute atomic E-state index is 0.119. The number of hydrogen-bond acceptors (Lipinski definition) is 4. The summed E-state index contributed by atoms with van der Waals surface area (Å²) in [5, 5.41) is 11.6. The third kappa shape index (κ3) is 3.22. The fraction of sp³-hybridized carbons (Fsp3) is 0.533. The van der Waals surface area contributed by atoms with E-state index in [0.29, 0.717) is 0 Å². The van der Waals surface area contributed by atoms with Gasteiger partial charge in [0.2, 0.25) is 0 Å². The predicted molar refractivity (Wildman–Crippen MR) is 83.0 cm³/mol. The number of aryl methyl sites for hydroxylation is 1. The second kappa shape index (κ2) is 5.35. The molecule has 1 aliphatic heterocycles. The third-order valence-electron chi connectivity index (χ3n) is 4.23. The van der Waals surface area contributed by atoms with E-state index in [1.807, 2.05) is 52.8 Å². The highest BCUT2D eigenvalue weighted by Crippen LogP contribution is 2.36. The van der Waals surface area contributed by atoms with E-state index in [0.717, 1.165) is 16.7 Å². The number of aliphatic carboxylic acids is 1. The Balaban J connectivity index is 2.24. The number of carbonyl (C=O) groups is 1. The lowest BCUT2D eigenvalue weighted by Crippen LogP contribution is -2.41. The average Bonchev–Trinajstić information content (AvgIpc) is 2.57. The molecule has 0 atom stereocenters. The number of hydrogen-bond donors (Lipinski definition) is 2. The fourth-order valence-electron chi connectivity index (χ4n) is 2.15. The molecule has 0 saturated carbocycles. The smallest absolute Gasteiger partial charge is 0.480 e. The lowest BCUT2D eigenvalue weighted by molar-refractivity contribution is -0.134. The molecule has 0 spiro atoms. The summed E-state index contributed by atoms with van der Waals surface area (Å²) in [5.41, 5.74) is 1.93. The quantitative estimate of drug-likeness (QED) is 0.828. The Morgan fingerprint density at radius 2 is 1.81 bits per heavy atom. The van der Waals surface area contributed by atoms with E-state index in [4.69, 9.17) is 14.4 Å². The number of benzene rings is 1. The van der Waals surface area contributed by atoms with Gasteiger partial charge in [-0.3, -0.25) is 4.79 Å². The molecule has 2 rings (SSSR count). The highest BCUT2D eigenvalue weighted by molar-refractivity contribution is 6.62. The van der Waals surface area contributed by atoms with Gasteiger partial charge in [0.15, 0.2) is 0 Å². The summed E-state index contributed by atoms with van der Waals surface area (Å²) >= 11 is 0. The van der Waals surface area contributed by atoms with Gasteiger partial charge in [-0.25, -0.2) is 0 Å². The van der Waals surface area contributed by atoms with Crippen molar-refractivity contribution < 1.29 is 19.2 Å². The number of rotatable bonds is 4. The van der Waals surface area contributed by atoms with Gasteiger partial charge < -0.3 is 19.7 Å². The highest BCUT2D eigenvalue weighted by atomic mass is 16.7. The summed E-state index contributed by atoms with van der Waals surface area (Å²) < 4.78 is 12.1. The second-order valence-corrected chi connectivity index (χ2v) is 6.41. The largest absolute Gasteiger partial charge is 0.495 e. The Morgan fingerprint density at radius 1 is 1.24 bits per heavy atom. The zero-order valence-corrected chi connectivity index (χ0v) is 13.2. The minimum Gasteiger partial charge on any atom is -0.480 e. The molecule has 0 unspecified atom stereocenters. The number of nitrogens with one attached hydrogen (secondary N) is 1. The van der Waals surface area contributed by atoms with E-state index in [2.05, 4.69) is 5.32 Å². The molecule has 2 N–H and O–H groups in total. The summed E-state index contributed by atoms with van der Waals surface area (Å²) in [5.74, 6) is -0.896. The molecule has 21 heavy (non-hydrogen) atoms. The molecule has 6 heteroatoms. The summed E-state index contributed by atoms with van der Waals surface area (Å²) in [7, 11) is -0.443. The predicted octanol–water partition coefficient (Wildman–Crippen LogP) is 1.79. The molecule has 0 bridgehead atoms. The van der Waals surface area contributed by atoms with Crippen LogP contribution in [0.25, 0.3) is 0 Å². The van der Waals surface area contributed by atoms with Crippen molar-refractivity contribution in [2.75, 3.05) is 11.9 Å². The zero-order valence-electron chi connectivity index (χ0n) is 13.2. The summed E-state index contributed by atoms with van der Waals surface area (Å²) in [6, 6.07) is 5.68. The van der Waals surface area contributed by atoms with Gasteiger partial charge in [-0.2, -0.15) is 0 Å². The first-order valence-corrected chi connectivity index (χ1v) is 7.04. The molecule has 0 amide bonds. The maximum Gasteiger partial charge on any atom is 0.495 e. The maximum absolute atomic E-state index is 10.6. The van der Waals surface area contributed by atoms with Crippen LogP contribution in [-0.2, 0) is 14.1 Å². The molecule has 1 saturated heterocycles. The van der Waals surface area contributed by atoms with Crippen molar-refractivity contribution in [3.63, 3.8) is 0 Å². The normalized spacial score (nSPS) is 19.6. The van der Waals surface area contributed by atoms with E-state index in [-0.39, 0.29) is 6.54 Å². The maximum atomic E-state index is 10.6. The Hall–Kier alpha value is -1.53. The van der Waals surface area contributed by atoms with Crippen LogP contribution in [0.1, 0.15) is 33.3 Å². The summed E-state index contributed by atoms with van der Waals surface area (Å²) in [6.07, 6.45) is 0. The number of anilines is 1. The van der Waals surface area contributed by atoms with Crippen molar-refractivity contribution >= 4 is 24.2 Å². The molecule has 5 nitrogen and oxygen atoms in total. The van der Waals surface area contributed by atoms with Gasteiger partial charge in [-0.05, 0) is 52.2 Å². The molecule has 1 fully saturated rings. The standard InChI is InChI=1S/C15H22BNO4/c1-10-6-7-11(17-9-13(18)19)8-12(10)16-20-14(2,3)15(4,5)21-16/h6-8,17H,9H2,1-5H3,(H,18,19). The number of carboxylic acids is 1.